The number of carbonyl (C=O) groups excluding carboxylic acids is 1. The predicted molar refractivity (Wildman–Crippen MR) is 76.9 cm³/mol. The van der Waals surface area contributed by atoms with Gasteiger partial charge in [-0.25, -0.2) is 0 Å². The van der Waals surface area contributed by atoms with Crippen LogP contribution < -0.4 is 11.1 Å². The first-order valence-corrected chi connectivity index (χ1v) is 7.40. The van der Waals surface area contributed by atoms with Crippen molar-refractivity contribution in [2.24, 2.45) is 11.7 Å². The fourth-order valence-corrected chi connectivity index (χ4v) is 3.36. The topological polar surface area (TPSA) is 55.1 Å². The lowest BCUT2D eigenvalue weighted by molar-refractivity contribution is -0.115. The van der Waals surface area contributed by atoms with Crippen molar-refractivity contribution in [1.29, 1.82) is 0 Å². The number of amides is 1. The van der Waals surface area contributed by atoms with Crippen LogP contribution in [-0.2, 0) is 11.2 Å². The van der Waals surface area contributed by atoms with Gasteiger partial charge < -0.3 is 11.1 Å². The Morgan fingerprint density at radius 3 is 2.89 bits per heavy atom. The number of rotatable bonds is 4. The summed E-state index contributed by atoms with van der Waals surface area (Å²) in [7, 11) is 0. The summed E-state index contributed by atoms with van der Waals surface area (Å²) in [6.07, 6.45) is 8.36. The molecule has 102 valence electrons. The molecule has 1 amide bonds. The maximum atomic E-state index is 11.3. The maximum Gasteiger partial charge on any atom is 0.228 e. The fraction of sp³-hybridized carbons (Fsp3) is 0.562. The van der Waals surface area contributed by atoms with Gasteiger partial charge in [0, 0.05) is 11.7 Å². The van der Waals surface area contributed by atoms with E-state index in [0.717, 1.165) is 23.6 Å². The molecule has 1 atom stereocenters. The molecule has 0 radical (unpaired) electrons. The first-order valence-electron chi connectivity index (χ1n) is 7.40. The third-order valence-electron chi connectivity index (χ3n) is 4.54. The molecule has 0 saturated heterocycles. The van der Waals surface area contributed by atoms with Crippen molar-refractivity contribution in [3.8, 4) is 0 Å². The molecule has 1 aromatic rings. The first-order chi connectivity index (χ1) is 9.22. The molecule has 2 aliphatic rings. The SMILES string of the molecule is NC(CCC1CCCC1)c1ccc2c(c1)CC(=O)N2. The number of carbonyl (C=O) groups is 1. The number of fused-ring (bicyclic) bond motifs is 1. The lowest BCUT2D eigenvalue weighted by Gasteiger charge is -2.16. The molecule has 1 heterocycles. The smallest absolute Gasteiger partial charge is 0.228 e. The zero-order valence-corrected chi connectivity index (χ0v) is 11.3. The molecule has 1 fully saturated rings. The highest BCUT2D eigenvalue weighted by Gasteiger charge is 2.20. The average molecular weight is 258 g/mol. The molecule has 0 spiro atoms. The van der Waals surface area contributed by atoms with Crippen LogP contribution in [0.2, 0.25) is 0 Å². The Balaban J connectivity index is 1.62. The predicted octanol–water partition coefficient (Wildman–Crippen LogP) is 3.15. The lowest BCUT2D eigenvalue weighted by atomic mass is 9.94. The largest absolute Gasteiger partial charge is 0.326 e. The van der Waals surface area contributed by atoms with Crippen LogP contribution in [0, 0.1) is 5.92 Å². The van der Waals surface area contributed by atoms with E-state index in [1.54, 1.807) is 0 Å². The Labute approximate surface area is 114 Å². The Hall–Kier alpha value is -1.35. The molecular weight excluding hydrogens is 236 g/mol. The zero-order valence-electron chi connectivity index (χ0n) is 11.3. The van der Waals surface area contributed by atoms with Crippen molar-refractivity contribution in [2.75, 3.05) is 5.32 Å². The van der Waals surface area contributed by atoms with Gasteiger partial charge >= 0.3 is 0 Å². The van der Waals surface area contributed by atoms with E-state index in [-0.39, 0.29) is 11.9 Å². The summed E-state index contributed by atoms with van der Waals surface area (Å²) in [6.45, 7) is 0. The highest BCUT2D eigenvalue weighted by atomic mass is 16.1. The molecule has 1 aliphatic heterocycles. The van der Waals surface area contributed by atoms with Gasteiger partial charge in [-0.3, -0.25) is 4.79 Å². The van der Waals surface area contributed by atoms with E-state index in [4.69, 9.17) is 5.73 Å². The van der Waals surface area contributed by atoms with Crippen LogP contribution in [-0.4, -0.2) is 5.91 Å². The fourth-order valence-electron chi connectivity index (χ4n) is 3.36. The third kappa shape index (κ3) is 2.81. The van der Waals surface area contributed by atoms with Gasteiger partial charge in [0.05, 0.1) is 6.42 Å². The van der Waals surface area contributed by atoms with Gasteiger partial charge in [-0.1, -0.05) is 37.8 Å². The van der Waals surface area contributed by atoms with Crippen LogP contribution in [0.15, 0.2) is 18.2 Å². The molecule has 3 heteroatoms. The molecule has 19 heavy (non-hydrogen) atoms. The molecule has 1 unspecified atom stereocenters. The van der Waals surface area contributed by atoms with Gasteiger partial charge in [-0.05, 0) is 36.0 Å². The van der Waals surface area contributed by atoms with Crippen LogP contribution in [0.5, 0.6) is 0 Å². The molecule has 1 aromatic carbocycles. The Kier molecular flexibility index (Phi) is 3.56. The highest BCUT2D eigenvalue weighted by Crippen LogP contribution is 2.32. The second kappa shape index (κ2) is 5.33. The van der Waals surface area contributed by atoms with Gasteiger partial charge in [0.2, 0.25) is 5.91 Å². The van der Waals surface area contributed by atoms with E-state index < -0.39 is 0 Å². The molecule has 1 aliphatic carbocycles. The van der Waals surface area contributed by atoms with Crippen molar-refractivity contribution >= 4 is 11.6 Å². The van der Waals surface area contributed by atoms with Crippen molar-refractivity contribution in [1.82, 2.24) is 0 Å². The maximum absolute atomic E-state index is 11.3. The van der Waals surface area contributed by atoms with Crippen LogP contribution in [0.4, 0.5) is 5.69 Å². The molecule has 1 saturated carbocycles. The number of benzene rings is 1. The summed E-state index contributed by atoms with van der Waals surface area (Å²) in [6, 6.07) is 6.27. The lowest BCUT2D eigenvalue weighted by Crippen LogP contribution is -2.12. The zero-order chi connectivity index (χ0) is 13.2. The van der Waals surface area contributed by atoms with E-state index >= 15 is 0 Å². The van der Waals surface area contributed by atoms with E-state index in [1.165, 1.54) is 37.7 Å². The second-order valence-corrected chi connectivity index (χ2v) is 5.98. The number of hydrogen-bond donors (Lipinski definition) is 2. The van der Waals surface area contributed by atoms with Gasteiger partial charge in [-0.15, -0.1) is 0 Å². The number of anilines is 1. The normalized spacial score (nSPS) is 20.4. The van der Waals surface area contributed by atoms with E-state index in [2.05, 4.69) is 17.4 Å². The van der Waals surface area contributed by atoms with Crippen molar-refractivity contribution in [3.63, 3.8) is 0 Å². The number of nitrogens with two attached hydrogens (primary N) is 1. The van der Waals surface area contributed by atoms with Crippen LogP contribution in [0.3, 0.4) is 0 Å². The van der Waals surface area contributed by atoms with Crippen LogP contribution in [0.1, 0.15) is 55.7 Å². The highest BCUT2D eigenvalue weighted by molar-refractivity contribution is 5.99. The summed E-state index contributed by atoms with van der Waals surface area (Å²) in [5.74, 6) is 0.982. The molecule has 0 aromatic heterocycles. The first kappa shape index (κ1) is 12.7. The van der Waals surface area contributed by atoms with E-state index in [0.29, 0.717) is 6.42 Å². The van der Waals surface area contributed by atoms with E-state index in [9.17, 15) is 4.79 Å². The molecule has 3 nitrogen and oxygen atoms in total. The minimum atomic E-state index is 0.0895. The van der Waals surface area contributed by atoms with E-state index in [1.807, 2.05) is 6.07 Å². The summed E-state index contributed by atoms with van der Waals surface area (Å²) in [4.78, 5) is 11.3. The standard InChI is InChI=1S/C16H22N2O/c17-14(7-5-11-3-1-2-4-11)12-6-8-15-13(9-12)10-16(19)18-15/h6,8-9,11,14H,1-5,7,10,17H2,(H,18,19). The molecule has 3 N–H and O–H groups in total. The van der Waals surface area contributed by atoms with Gasteiger partial charge in [0.1, 0.15) is 0 Å². The Bertz CT molecular complexity index is 478. The number of nitrogens with one attached hydrogen (secondary N) is 1. The number of hydrogen-bond acceptors (Lipinski definition) is 2. The van der Waals surface area contributed by atoms with Crippen molar-refractivity contribution in [2.45, 2.75) is 51.0 Å². The van der Waals surface area contributed by atoms with Gasteiger partial charge in [0.25, 0.3) is 0 Å². The van der Waals surface area contributed by atoms with Crippen LogP contribution in [0.25, 0.3) is 0 Å². The van der Waals surface area contributed by atoms with Crippen LogP contribution >= 0.6 is 0 Å². The summed E-state index contributed by atoms with van der Waals surface area (Å²) >= 11 is 0. The second-order valence-electron chi connectivity index (χ2n) is 5.98. The van der Waals surface area contributed by atoms with Crippen molar-refractivity contribution in [3.05, 3.63) is 29.3 Å². The molecule has 3 rings (SSSR count). The summed E-state index contributed by atoms with van der Waals surface area (Å²) in [5, 5.41) is 2.86. The molecular formula is C16H22N2O. The minimum Gasteiger partial charge on any atom is -0.326 e. The minimum absolute atomic E-state index is 0.0895. The monoisotopic (exact) mass is 258 g/mol. The molecule has 0 bridgehead atoms. The Morgan fingerprint density at radius 1 is 1.32 bits per heavy atom. The third-order valence-corrected chi connectivity index (χ3v) is 4.54. The Morgan fingerprint density at radius 2 is 2.11 bits per heavy atom. The van der Waals surface area contributed by atoms with Crippen molar-refractivity contribution < 1.29 is 4.79 Å². The summed E-state index contributed by atoms with van der Waals surface area (Å²) in [5.41, 5.74) is 9.52. The summed E-state index contributed by atoms with van der Waals surface area (Å²) < 4.78 is 0. The van der Waals surface area contributed by atoms with Gasteiger partial charge in [0.15, 0.2) is 0 Å². The quantitative estimate of drug-likeness (QED) is 0.871. The van der Waals surface area contributed by atoms with Gasteiger partial charge in [-0.2, -0.15) is 0 Å². The average Bonchev–Trinajstić information content (AvgIpc) is 3.02.